The monoisotopic (exact) mass is 291 g/mol. The van der Waals surface area contributed by atoms with Crippen molar-refractivity contribution in [3.63, 3.8) is 0 Å². The molecule has 0 aliphatic rings. The van der Waals surface area contributed by atoms with Gasteiger partial charge in [-0.1, -0.05) is 44.2 Å². The topological polar surface area (TPSA) is 38.3 Å². The number of benzene rings is 1. The van der Waals surface area contributed by atoms with Crippen molar-refractivity contribution < 1.29 is 9.53 Å². The molecule has 21 heavy (non-hydrogen) atoms. The summed E-state index contributed by atoms with van der Waals surface area (Å²) in [5, 5.41) is 3.01. The number of hydrogen-bond acceptors (Lipinski definition) is 2. The van der Waals surface area contributed by atoms with Gasteiger partial charge in [0.05, 0.1) is 0 Å². The average molecular weight is 291 g/mol. The highest BCUT2D eigenvalue weighted by molar-refractivity contribution is 5.68. The molecule has 0 saturated heterocycles. The highest BCUT2D eigenvalue weighted by Gasteiger charge is 2.20. The van der Waals surface area contributed by atoms with Crippen LogP contribution < -0.4 is 5.32 Å². The number of carbonyl (C=O) groups is 1. The lowest BCUT2D eigenvalue weighted by Gasteiger charge is -2.24. The molecule has 0 aliphatic carbocycles. The maximum atomic E-state index is 11.9. The Balaban J connectivity index is 2.53. The smallest absolute Gasteiger partial charge is 0.407 e. The second-order valence-electron chi connectivity index (χ2n) is 7.00. The van der Waals surface area contributed by atoms with Gasteiger partial charge >= 0.3 is 6.09 Å². The molecule has 1 aromatic rings. The Hall–Kier alpha value is -1.51. The van der Waals surface area contributed by atoms with Crippen LogP contribution in [0.25, 0.3) is 0 Å². The van der Waals surface area contributed by atoms with E-state index in [9.17, 15) is 4.79 Å². The second-order valence-corrected chi connectivity index (χ2v) is 7.00. The first-order chi connectivity index (χ1) is 9.76. The van der Waals surface area contributed by atoms with E-state index in [1.807, 2.05) is 39.0 Å². The first kappa shape index (κ1) is 17.5. The Labute approximate surface area is 129 Å². The number of ether oxygens (including phenoxy) is 1. The van der Waals surface area contributed by atoms with Gasteiger partial charge in [0.25, 0.3) is 0 Å². The maximum absolute atomic E-state index is 11.9. The summed E-state index contributed by atoms with van der Waals surface area (Å²) in [6.07, 6.45) is 2.54. The van der Waals surface area contributed by atoms with Crippen molar-refractivity contribution in [2.24, 2.45) is 5.92 Å². The fourth-order valence-electron chi connectivity index (χ4n) is 2.28. The third kappa shape index (κ3) is 8.38. The van der Waals surface area contributed by atoms with Crippen molar-refractivity contribution in [3.05, 3.63) is 35.9 Å². The van der Waals surface area contributed by atoms with E-state index in [1.54, 1.807) is 0 Å². The minimum atomic E-state index is -0.452. The van der Waals surface area contributed by atoms with Gasteiger partial charge in [0.15, 0.2) is 0 Å². The van der Waals surface area contributed by atoms with Crippen LogP contribution >= 0.6 is 0 Å². The second kappa shape index (κ2) is 8.06. The molecule has 0 heterocycles. The Morgan fingerprint density at radius 1 is 1.19 bits per heavy atom. The molecule has 0 fully saturated rings. The van der Waals surface area contributed by atoms with Crippen molar-refractivity contribution in [3.8, 4) is 0 Å². The molecular weight excluding hydrogens is 262 g/mol. The Bertz CT molecular complexity index is 421. The van der Waals surface area contributed by atoms with E-state index in [4.69, 9.17) is 4.74 Å². The van der Waals surface area contributed by atoms with Gasteiger partial charge in [0, 0.05) is 6.04 Å². The molecule has 1 amide bonds. The zero-order valence-corrected chi connectivity index (χ0v) is 14.0. The van der Waals surface area contributed by atoms with Crippen molar-refractivity contribution in [2.75, 3.05) is 0 Å². The van der Waals surface area contributed by atoms with E-state index in [1.165, 1.54) is 5.56 Å². The number of hydrogen-bond donors (Lipinski definition) is 1. The van der Waals surface area contributed by atoms with Crippen LogP contribution in [0.3, 0.4) is 0 Å². The summed E-state index contributed by atoms with van der Waals surface area (Å²) in [6.45, 7) is 9.99. The molecule has 3 nitrogen and oxygen atoms in total. The summed E-state index contributed by atoms with van der Waals surface area (Å²) in [6, 6.07) is 10.5. The van der Waals surface area contributed by atoms with E-state index in [2.05, 4.69) is 31.3 Å². The zero-order valence-electron chi connectivity index (χ0n) is 14.0. The van der Waals surface area contributed by atoms with E-state index in [-0.39, 0.29) is 12.1 Å². The number of amides is 1. The van der Waals surface area contributed by atoms with Gasteiger partial charge in [-0.05, 0) is 51.5 Å². The largest absolute Gasteiger partial charge is 0.444 e. The van der Waals surface area contributed by atoms with Crippen LogP contribution in [0.4, 0.5) is 4.79 Å². The zero-order chi connectivity index (χ0) is 15.9. The number of alkyl carbamates (subject to hydrolysis) is 1. The summed E-state index contributed by atoms with van der Waals surface area (Å²) < 4.78 is 5.35. The minimum absolute atomic E-state index is 0.153. The summed E-state index contributed by atoms with van der Waals surface area (Å²) in [5.74, 6) is 0.542. The van der Waals surface area contributed by atoms with Gasteiger partial charge in [-0.25, -0.2) is 4.79 Å². The first-order valence-corrected chi connectivity index (χ1v) is 7.79. The molecular formula is C18H29NO2. The summed E-state index contributed by atoms with van der Waals surface area (Å²) >= 11 is 0. The van der Waals surface area contributed by atoms with Crippen molar-refractivity contribution in [2.45, 2.75) is 65.5 Å². The number of aryl methyl sites for hydroxylation is 1. The van der Waals surface area contributed by atoms with Crippen molar-refractivity contribution >= 4 is 6.09 Å². The molecule has 0 unspecified atom stereocenters. The van der Waals surface area contributed by atoms with Crippen LogP contribution in [0.1, 0.15) is 53.0 Å². The van der Waals surface area contributed by atoms with E-state index in [0.29, 0.717) is 5.92 Å². The minimum Gasteiger partial charge on any atom is -0.444 e. The summed E-state index contributed by atoms with van der Waals surface area (Å²) in [7, 11) is 0. The number of carbonyl (C=O) groups excluding carboxylic acids is 1. The van der Waals surface area contributed by atoms with Crippen LogP contribution in [-0.2, 0) is 11.2 Å². The highest BCUT2D eigenvalue weighted by atomic mass is 16.6. The highest BCUT2D eigenvalue weighted by Crippen LogP contribution is 2.13. The van der Waals surface area contributed by atoms with Crippen LogP contribution in [0.15, 0.2) is 30.3 Å². The predicted octanol–water partition coefficient (Wildman–Crippen LogP) is 4.56. The SMILES string of the molecule is CC(C)C[C@@H](CCc1ccccc1)NC(=O)OC(C)(C)C. The molecule has 1 rings (SSSR count). The normalized spacial score (nSPS) is 13.0. The average Bonchev–Trinajstić information content (AvgIpc) is 2.34. The summed E-state index contributed by atoms with van der Waals surface area (Å²) in [4.78, 5) is 11.9. The van der Waals surface area contributed by atoms with Crippen LogP contribution in [0.2, 0.25) is 0 Å². The number of nitrogens with one attached hydrogen (secondary N) is 1. The number of rotatable bonds is 6. The Morgan fingerprint density at radius 3 is 2.33 bits per heavy atom. The molecule has 0 aliphatic heterocycles. The molecule has 0 aromatic heterocycles. The van der Waals surface area contributed by atoms with Gasteiger partial charge in [-0.2, -0.15) is 0 Å². The van der Waals surface area contributed by atoms with Crippen molar-refractivity contribution in [1.82, 2.24) is 5.32 Å². The summed E-state index contributed by atoms with van der Waals surface area (Å²) in [5.41, 5.74) is 0.851. The van der Waals surface area contributed by atoms with Gasteiger partial charge < -0.3 is 10.1 Å². The first-order valence-electron chi connectivity index (χ1n) is 7.79. The third-order valence-electron chi connectivity index (χ3n) is 3.10. The molecule has 1 atom stereocenters. The van der Waals surface area contributed by atoms with Crippen molar-refractivity contribution in [1.29, 1.82) is 0 Å². The van der Waals surface area contributed by atoms with Crippen LogP contribution in [0, 0.1) is 5.92 Å². The van der Waals surface area contributed by atoms with Gasteiger partial charge in [0.2, 0.25) is 0 Å². The molecule has 118 valence electrons. The van der Waals surface area contributed by atoms with E-state index < -0.39 is 5.60 Å². The Morgan fingerprint density at radius 2 is 1.81 bits per heavy atom. The van der Waals surface area contributed by atoms with Gasteiger partial charge in [-0.3, -0.25) is 0 Å². The standard InChI is InChI=1S/C18H29NO2/c1-14(2)13-16(19-17(20)21-18(3,4)5)12-11-15-9-7-6-8-10-15/h6-10,14,16H,11-13H2,1-5H3,(H,19,20)/t16-/m1/s1. The quantitative estimate of drug-likeness (QED) is 0.834. The fraction of sp³-hybridized carbons (Fsp3) is 0.611. The molecule has 1 N–H and O–H groups in total. The third-order valence-corrected chi connectivity index (χ3v) is 3.10. The van der Waals surface area contributed by atoms with E-state index in [0.717, 1.165) is 19.3 Å². The molecule has 0 radical (unpaired) electrons. The maximum Gasteiger partial charge on any atom is 0.407 e. The van der Waals surface area contributed by atoms with Gasteiger partial charge in [-0.15, -0.1) is 0 Å². The fourth-order valence-corrected chi connectivity index (χ4v) is 2.28. The van der Waals surface area contributed by atoms with Crippen LogP contribution in [-0.4, -0.2) is 17.7 Å². The molecule has 0 saturated carbocycles. The predicted molar refractivity (Wildman–Crippen MR) is 87.4 cm³/mol. The molecule has 3 heteroatoms. The lowest BCUT2D eigenvalue weighted by molar-refractivity contribution is 0.0496. The molecule has 0 bridgehead atoms. The van der Waals surface area contributed by atoms with E-state index >= 15 is 0 Å². The Kier molecular flexibility index (Phi) is 6.73. The van der Waals surface area contributed by atoms with Crippen LogP contribution in [0.5, 0.6) is 0 Å². The lowest BCUT2D eigenvalue weighted by Crippen LogP contribution is -2.40. The molecule has 1 aromatic carbocycles. The molecule has 0 spiro atoms. The lowest BCUT2D eigenvalue weighted by atomic mass is 9.97. The van der Waals surface area contributed by atoms with Gasteiger partial charge in [0.1, 0.15) is 5.60 Å².